The highest BCUT2D eigenvalue weighted by Crippen LogP contribution is 2.28. The summed E-state index contributed by atoms with van der Waals surface area (Å²) < 4.78 is 5.31. The van der Waals surface area contributed by atoms with Crippen LogP contribution in [0.15, 0.2) is 60.8 Å². The Hall–Kier alpha value is -3.93. The summed E-state index contributed by atoms with van der Waals surface area (Å²) in [5, 5.41) is 5.10. The summed E-state index contributed by atoms with van der Waals surface area (Å²) in [5.41, 5.74) is 4.33. The molecule has 0 bridgehead atoms. The second kappa shape index (κ2) is 8.90. The highest BCUT2D eigenvalue weighted by Gasteiger charge is 2.18. The Kier molecular flexibility index (Phi) is 5.65. The molecule has 166 valence electrons. The fourth-order valence-corrected chi connectivity index (χ4v) is 4.32. The highest BCUT2D eigenvalue weighted by atomic mass is 16.5. The number of pyridine rings is 1. The number of aromatic nitrogens is 1. The molecule has 0 saturated carbocycles. The highest BCUT2D eigenvalue weighted by molar-refractivity contribution is 5.94. The standard InChI is InChI=1S/C27H25N3O3/c1-33-24-7-5-21-15-20(3-4-22(21)16-24)19-10-12-30(13-11-19)26(32)9-2-18-14-23-6-8-25(31)29-27(23)28-17-18/h2-5,7,9-10,14-17H,6,8,11-13H2,1H3,(H,28,29,31). The van der Waals surface area contributed by atoms with Crippen LogP contribution in [0.25, 0.3) is 22.4 Å². The molecule has 6 heteroatoms. The van der Waals surface area contributed by atoms with Gasteiger partial charge in [-0.25, -0.2) is 4.98 Å². The third-order valence-electron chi connectivity index (χ3n) is 6.22. The average molecular weight is 440 g/mol. The lowest BCUT2D eigenvalue weighted by molar-refractivity contribution is -0.125. The van der Waals surface area contributed by atoms with E-state index in [0.717, 1.165) is 28.7 Å². The Morgan fingerprint density at radius 2 is 1.94 bits per heavy atom. The first kappa shape index (κ1) is 20.9. The van der Waals surface area contributed by atoms with Gasteiger partial charge in [-0.05, 0) is 76.2 Å². The molecular formula is C27H25N3O3. The first-order valence-electron chi connectivity index (χ1n) is 11.1. The predicted molar refractivity (Wildman–Crippen MR) is 130 cm³/mol. The number of amides is 2. The lowest BCUT2D eigenvalue weighted by Crippen LogP contribution is -2.33. The molecule has 0 fully saturated rings. The molecule has 0 aliphatic carbocycles. The third-order valence-corrected chi connectivity index (χ3v) is 6.22. The Morgan fingerprint density at radius 1 is 1.09 bits per heavy atom. The molecule has 0 atom stereocenters. The summed E-state index contributed by atoms with van der Waals surface area (Å²) in [4.78, 5) is 30.3. The molecule has 3 aromatic rings. The summed E-state index contributed by atoms with van der Waals surface area (Å²) >= 11 is 0. The van der Waals surface area contributed by atoms with E-state index in [0.29, 0.717) is 31.7 Å². The number of carbonyl (C=O) groups is 2. The van der Waals surface area contributed by atoms with E-state index >= 15 is 0 Å². The molecule has 2 amide bonds. The summed E-state index contributed by atoms with van der Waals surface area (Å²) in [5.74, 6) is 1.46. The van der Waals surface area contributed by atoms with Crippen molar-refractivity contribution in [3.63, 3.8) is 0 Å². The topological polar surface area (TPSA) is 71.5 Å². The van der Waals surface area contributed by atoms with E-state index in [-0.39, 0.29) is 11.8 Å². The maximum Gasteiger partial charge on any atom is 0.246 e. The fraction of sp³-hybridized carbons (Fsp3) is 0.222. The van der Waals surface area contributed by atoms with Gasteiger partial charge in [0.2, 0.25) is 11.8 Å². The number of hydrogen-bond donors (Lipinski definition) is 1. The molecule has 1 aromatic heterocycles. The van der Waals surface area contributed by atoms with E-state index in [9.17, 15) is 9.59 Å². The van der Waals surface area contributed by atoms with Gasteiger partial charge < -0.3 is 15.0 Å². The van der Waals surface area contributed by atoms with Crippen LogP contribution in [0.3, 0.4) is 0 Å². The number of anilines is 1. The number of nitrogens with zero attached hydrogens (tertiary/aromatic N) is 2. The minimum Gasteiger partial charge on any atom is -0.497 e. The Morgan fingerprint density at radius 3 is 2.76 bits per heavy atom. The minimum absolute atomic E-state index is 0.00471. The number of aryl methyl sites for hydroxylation is 1. The third kappa shape index (κ3) is 4.51. The molecule has 0 unspecified atom stereocenters. The second-order valence-corrected chi connectivity index (χ2v) is 8.35. The molecule has 0 spiro atoms. The van der Waals surface area contributed by atoms with Crippen molar-refractivity contribution < 1.29 is 14.3 Å². The van der Waals surface area contributed by atoms with Crippen LogP contribution in [-0.2, 0) is 16.0 Å². The summed E-state index contributed by atoms with van der Waals surface area (Å²) in [7, 11) is 1.68. The summed E-state index contributed by atoms with van der Waals surface area (Å²) in [6, 6.07) is 14.5. The van der Waals surface area contributed by atoms with E-state index < -0.39 is 0 Å². The lowest BCUT2D eigenvalue weighted by atomic mass is 9.96. The minimum atomic E-state index is -0.0121. The smallest absolute Gasteiger partial charge is 0.246 e. The Balaban J connectivity index is 1.24. The van der Waals surface area contributed by atoms with Crippen molar-refractivity contribution in [1.82, 2.24) is 9.88 Å². The van der Waals surface area contributed by atoms with Gasteiger partial charge in [0, 0.05) is 31.8 Å². The SMILES string of the molecule is COc1ccc2cc(C3=CCN(C(=O)C=Cc4cnc5c(c4)CCC(=O)N5)CC3)ccc2c1. The van der Waals surface area contributed by atoms with Crippen LogP contribution in [0.1, 0.15) is 29.5 Å². The van der Waals surface area contributed by atoms with Gasteiger partial charge in [-0.1, -0.05) is 24.3 Å². The Bertz CT molecular complexity index is 1310. The van der Waals surface area contributed by atoms with Crippen molar-refractivity contribution in [2.45, 2.75) is 19.3 Å². The van der Waals surface area contributed by atoms with Crippen LogP contribution < -0.4 is 10.1 Å². The first-order chi connectivity index (χ1) is 16.1. The van der Waals surface area contributed by atoms with Crippen LogP contribution in [-0.4, -0.2) is 41.9 Å². The van der Waals surface area contributed by atoms with E-state index in [1.165, 1.54) is 16.5 Å². The van der Waals surface area contributed by atoms with Crippen molar-refractivity contribution in [1.29, 1.82) is 0 Å². The van der Waals surface area contributed by atoms with Crippen LogP contribution in [0.5, 0.6) is 5.75 Å². The van der Waals surface area contributed by atoms with Gasteiger partial charge >= 0.3 is 0 Å². The van der Waals surface area contributed by atoms with Crippen molar-refractivity contribution in [3.8, 4) is 5.75 Å². The number of methoxy groups -OCH3 is 1. The van der Waals surface area contributed by atoms with Crippen molar-refractivity contribution in [2.75, 3.05) is 25.5 Å². The lowest BCUT2D eigenvalue weighted by Gasteiger charge is -2.25. The number of fused-ring (bicyclic) bond motifs is 2. The maximum absolute atomic E-state index is 12.7. The van der Waals surface area contributed by atoms with Crippen LogP contribution in [0, 0.1) is 0 Å². The molecule has 2 aliphatic heterocycles. The van der Waals surface area contributed by atoms with Gasteiger partial charge in [-0.2, -0.15) is 0 Å². The molecular weight excluding hydrogens is 414 g/mol. The molecule has 33 heavy (non-hydrogen) atoms. The monoisotopic (exact) mass is 439 g/mol. The molecule has 0 saturated heterocycles. The predicted octanol–water partition coefficient (Wildman–Crippen LogP) is 4.46. The van der Waals surface area contributed by atoms with Crippen LogP contribution >= 0.6 is 0 Å². The number of ether oxygens (including phenoxy) is 1. The first-order valence-corrected chi connectivity index (χ1v) is 11.1. The van der Waals surface area contributed by atoms with Crippen molar-refractivity contribution in [2.24, 2.45) is 0 Å². The maximum atomic E-state index is 12.7. The van der Waals surface area contributed by atoms with E-state index in [1.807, 2.05) is 23.1 Å². The van der Waals surface area contributed by atoms with Gasteiger partial charge in [0.1, 0.15) is 11.6 Å². The zero-order chi connectivity index (χ0) is 22.8. The molecule has 0 radical (unpaired) electrons. The van der Waals surface area contributed by atoms with Crippen molar-refractivity contribution in [3.05, 3.63) is 77.5 Å². The van der Waals surface area contributed by atoms with Crippen LogP contribution in [0.2, 0.25) is 0 Å². The van der Waals surface area contributed by atoms with Gasteiger partial charge in [0.25, 0.3) is 0 Å². The number of hydrogen-bond acceptors (Lipinski definition) is 4. The van der Waals surface area contributed by atoms with Gasteiger partial charge in [-0.3, -0.25) is 9.59 Å². The number of benzene rings is 2. The average Bonchev–Trinajstić information content (AvgIpc) is 2.86. The number of rotatable bonds is 4. The molecule has 6 nitrogen and oxygen atoms in total. The normalized spacial score (nSPS) is 15.8. The number of carbonyl (C=O) groups excluding carboxylic acids is 2. The largest absolute Gasteiger partial charge is 0.497 e. The molecule has 2 aromatic carbocycles. The van der Waals surface area contributed by atoms with E-state index in [4.69, 9.17) is 4.74 Å². The summed E-state index contributed by atoms with van der Waals surface area (Å²) in [6.07, 6.45) is 9.18. The fourth-order valence-electron chi connectivity index (χ4n) is 4.32. The van der Waals surface area contributed by atoms with Gasteiger partial charge in [-0.15, -0.1) is 0 Å². The number of nitrogens with one attached hydrogen (secondary N) is 1. The van der Waals surface area contributed by atoms with Crippen LogP contribution in [0.4, 0.5) is 5.82 Å². The Labute approximate surface area is 192 Å². The zero-order valence-corrected chi connectivity index (χ0v) is 18.5. The zero-order valence-electron chi connectivity index (χ0n) is 18.5. The van der Waals surface area contributed by atoms with Crippen molar-refractivity contribution >= 4 is 40.1 Å². The molecule has 5 rings (SSSR count). The van der Waals surface area contributed by atoms with Gasteiger partial charge in [0.15, 0.2) is 0 Å². The van der Waals surface area contributed by atoms with E-state index in [1.54, 1.807) is 25.5 Å². The quantitative estimate of drug-likeness (QED) is 0.610. The van der Waals surface area contributed by atoms with Gasteiger partial charge in [0.05, 0.1) is 7.11 Å². The molecule has 2 aliphatic rings. The molecule has 1 N–H and O–H groups in total. The van der Waals surface area contributed by atoms with E-state index in [2.05, 4.69) is 40.6 Å². The summed E-state index contributed by atoms with van der Waals surface area (Å²) in [6.45, 7) is 1.28. The second-order valence-electron chi connectivity index (χ2n) is 8.35. The molecule has 3 heterocycles.